The number of nitrogens with one attached hydrogen (secondary N) is 1. The molecule has 2 aromatic carbocycles. The van der Waals surface area contributed by atoms with Crippen LogP contribution in [0.1, 0.15) is 24.9 Å². The Morgan fingerprint density at radius 3 is 2.81 bits per heavy atom. The highest BCUT2D eigenvalue weighted by atomic mass is 19.2. The Morgan fingerprint density at radius 2 is 2.07 bits per heavy atom. The van der Waals surface area contributed by atoms with E-state index in [-0.39, 0.29) is 17.2 Å². The molecule has 0 saturated carbocycles. The minimum absolute atomic E-state index is 0.0944. The summed E-state index contributed by atoms with van der Waals surface area (Å²) >= 11 is 0. The second-order valence-electron chi connectivity index (χ2n) is 6.24. The number of aromatic amines is 1. The number of fused-ring (bicyclic) bond motifs is 1. The Hall–Kier alpha value is -3.22. The fourth-order valence-corrected chi connectivity index (χ4v) is 3.61. The molecule has 1 atom stereocenters. The smallest absolute Gasteiger partial charge is 0.294 e. The number of H-pyrrole nitrogens is 1. The number of rotatable bonds is 4. The van der Waals surface area contributed by atoms with Crippen LogP contribution in [0, 0.1) is 11.6 Å². The predicted molar refractivity (Wildman–Crippen MR) is 97.0 cm³/mol. The summed E-state index contributed by atoms with van der Waals surface area (Å²) in [5, 5.41) is 0. The van der Waals surface area contributed by atoms with E-state index in [0.717, 1.165) is 17.1 Å². The van der Waals surface area contributed by atoms with E-state index in [1.165, 1.54) is 24.1 Å². The van der Waals surface area contributed by atoms with Crippen molar-refractivity contribution in [1.29, 1.82) is 0 Å². The molecule has 1 aliphatic rings. The van der Waals surface area contributed by atoms with E-state index in [1.54, 1.807) is 24.5 Å². The lowest BCUT2D eigenvalue weighted by Gasteiger charge is -2.27. The SMILES string of the molecule is CCC1=C(OC)C(=O)N(c2ccc3nc[nH]c3c2)C1c1cccc(F)c1F. The number of amides is 1. The third-order valence-electron chi connectivity index (χ3n) is 4.84. The van der Waals surface area contributed by atoms with Gasteiger partial charge in [-0.3, -0.25) is 9.69 Å². The van der Waals surface area contributed by atoms with Crippen molar-refractivity contribution in [2.24, 2.45) is 0 Å². The number of carbonyl (C=O) groups excluding carboxylic acids is 1. The van der Waals surface area contributed by atoms with Crippen LogP contribution < -0.4 is 4.90 Å². The molecule has 0 radical (unpaired) electrons. The summed E-state index contributed by atoms with van der Waals surface area (Å²) in [5.74, 6) is -2.14. The summed E-state index contributed by atoms with van der Waals surface area (Å²) < 4.78 is 33.8. The molecule has 3 aromatic rings. The number of nitrogens with zero attached hydrogens (tertiary/aromatic N) is 2. The maximum atomic E-state index is 14.6. The van der Waals surface area contributed by atoms with Crippen LogP contribution in [0.25, 0.3) is 11.0 Å². The number of halogens is 2. The molecule has 27 heavy (non-hydrogen) atoms. The zero-order valence-corrected chi connectivity index (χ0v) is 14.8. The van der Waals surface area contributed by atoms with Crippen molar-refractivity contribution in [3.63, 3.8) is 0 Å². The van der Waals surface area contributed by atoms with Crippen molar-refractivity contribution >= 4 is 22.6 Å². The summed E-state index contributed by atoms with van der Waals surface area (Å²) in [7, 11) is 1.41. The molecule has 1 unspecified atom stereocenters. The van der Waals surface area contributed by atoms with Crippen molar-refractivity contribution in [2.75, 3.05) is 12.0 Å². The first-order valence-corrected chi connectivity index (χ1v) is 8.54. The second-order valence-corrected chi connectivity index (χ2v) is 6.24. The van der Waals surface area contributed by atoms with Crippen LogP contribution in [-0.4, -0.2) is 23.0 Å². The number of methoxy groups -OCH3 is 1. The molecule has 5 nitrogen and oxygen atoms in total. The summed E-state index contributed by atoms with van der Waals surface area (Å²) in [6.45, 7) is 1.85. The topological polar surface area (TPSA) is 58.2 Å². The zero-order chi connectivity index (χ0) is 19.1. The number of ether oxygens (including phenoxy) is 1. The lowest BCUT2D eigenvalue weighted by Crippen LogP contribution is -2.31. The molecule has 1 N–H and O–H groups in total. The molecule has 1 aromatic heterocycles. The van der Waals surface area contributed by atoms with Crippen LogP contribution in [-0.2, 0) is 9.53 Å². The molecular formula is C20H17F2N3O2. The largest absolute Gasteiger partial charge is 0.491 e. The van der Waals surface area contributed by atoms with Gasteiger partial charge in [0.25, 0.3) is 5.91 Å². The first-order chi connectivity index (χ1) is 13.1. The highest BCUT2D eigenvalue weighted by Crippen LogP contribution is 2.44. The summed E-state index contributed by atoms with van der Waals surface area (Å²) in [5.41, 5.74) is 2.73. The molecule has 1 amide bonds. The van der Waals surface area contributed by atoms with Crippen LogP contribution in [0.5, 0.6) is 0 Å². The van der Waals surface area contributed by atoms with Crippen LogP contribution >= 0.6 is 0 Å². The molecule has 138 valence electrons. The average Bonchev–Trinajstić information content (AvgIpc) is 3.24. The molecule has 7 heteroatoms. The van der Waals surface area contributed by atoms with Gasteiger partial charge < -0.3 is 9.72 Å². The molecule has 1 aliphatic heterocycles. The lowest BCUT2D eigenvalue weighted by molar-refractivity contribution is -0.117. The van der Waals surface area contributed by atoms with Crippen molar-refractivity contribution in [3.8, 4) is 0 Å². The monoisotopic (exact) mass is 369 g/mol. The van der Waals surface area contributed by atoms with E-state index in [0.29, 0.717) is 17.7 Å². The first kappa shape index (κ1) is 17.2. The Labute approximate surface area is 154 Å². The third-order valence-corrected chi connectivity index (χ3v) is 4.84. The number of anilines is 1. The van der Waals surface area contributed by atoms with Crippen LogP contribution in [0.3, 0.4) is 0 Å². The fraction of sp³-hybridized carbons (Fsp3) is 0.200. The number of benzene rings is 2. The standard InChI is InChI=1S/C20H17F2N3O2/c1-3-12-18(13-5-4-6-14(21)17(13)22)25(20(26)19(12)27-2)11-7-8-15-16(9-11)24-10-23-15/h4-10,18H,3H2,1-2H3,(H,23,24). The molecular weight excluding hydrogens is 352 g/mol. The molecule has 0 saturated heterocycles. The third kappa shape index (κ3) is 2.58. The van der Waals surface area contributed by atoms with E-state index in [1.807, 2.05) is 6.92 Å². The minimum Gasteiger partial charge on any atom is -0.491 e. The highest BCUT2D eigenvalue weighted by Gasteiger charge is 2.42. The fourth-order valence-electron chi connectivity index (χ4n) is 3.61. The Morgan fingerprint density at radius 1 is 1.26 bits per heavy atom. The van der Waals surface area contributed by atoms with E-state index >= 15 is 0 Å². The molecule has 0 aliphatic carbocycles. The van der Waals surface area contributed by atoms with Gasteiger partial charge in [0.2, 0.25) is 0 Å². The number of hydrogen-bond donors (Lipinski definition) is 1. The number of carbonyl (C=O) groups is 1. The van der Waals surface area contributed by atoms with Gasteiger partial charge in [-0.05, 0) is 30.7 Å². The number of aromatic nitrogens is 2. The minimum atomic E-state index is -0.966. The molecule has 0 spiro atoms. The van der Waals surface area contributed by atoms with Gasteiger partial charge in [-0.15, -0.1) is 0 Å². The van der Waals surface area contributed by atoms with Gasteiger partial charge >= 0.3 is 0 Å². The van der Waals surface area contributed by atoms with Gasteiger partial charge in [0.1, 0.15) is 0 Å². The van der Waals surface area contributed by atoms with Gasteiger partial charge in [0.05, 0.1) is 30.5 Å². The molecule has 4 rings (SSSR count). The van der Waals surface area contributed by atoms with Gasteiger partial charge in [0, 0.05) is 16.8 Å². The summed E-state index contributed by atoms with van der Waals surface area (Å²) in [4.78, 5) is 21.7. The van der Waals surface area contributed by atoms with Gasteiger partial charge in [-0.1, -0.05) is 19.1 Å². The zero-order valence-electron chi connectivity index (χ0n) is 14.8. The van der Waals surface area contributed by atoms with Crippen molar-refractivity contribution in [2.45, 2.75) is 19.4 Å². The maximum absolute atomic E-state index is 14.6. The summed E-state index contributed by atoms with van der Waals surface area (Å²) in [6.07, 6.45) is 2.01. The highest BCUT2D eigenvalue weighted by molar-refractivity contribution is 6.09. The molecule has 0 fully saturated rings. The van der Waals surface area contributed by atoms with E-state index in [9.17, 15) is 13.6 Å². The van der Waals surface area contributed by atoms with Crippen LogP contribution in [0.15, 0.2) is 54.1 Å². The Kier molecular flexibility index (Phi) is 4.14. The number of imidazole rings is 1. The van der Waals surface area contributed by atoms with Crippen molar-refractivity contribution < 1.29 is 18.3 Å². The lowest BCUT2D eigenvalue weighted by atomic mass is 9.96. The van der Waals surface area contributed by atoms with E-state index < -0.39 is 17.7 Å². The quantitative estimate of drug-likeness (QED) is 0.748. The normalized spacial score (nSPS) is 17.3. The van der Waals surface area contributed by atoms with Crippen molar-refractivity contribution in [3.05, 3.63) is 71.3 Å². The van der Waals surface area contributed by atoms with Gasteiger partial charge in [-0.25, -0.2) is 13.8 Å². The average molecular weight is 369 g/mol. The number of hydrogen-bond acceptors (Lipinski definition) is 3. The Bertz CT molecular complexity index is 1070. The first-order valence-electron chi connectivity index (χ1n) is 8.54. The molecule has 2 heterocycles. The Balaban J connectivity index is 1.92. The van der Waals surface area contributed by atoms with Gasteiger partial charge in [-0.2, -0.15) is 0 Å². The van der Waals surface area contributed by atoms with Crippen LogP contribution in [0.4, 0.5) is 14.5 Å². The van der Waals surface area contributed by atoms with E-state index in [4.69, 9.17) is 4.74 Å². The van der Waals surface area contributed by atoms with E-state index in [2.05, 4.69) is 9.97 Å². The molecule has 0 bridgehead atoms. The maximum Gasteiger partial charge on any atom is 0.294 e. The summed E-state index contributed by atoms with van der Waals surface area (Å²) in [6, 6.07) is 8.47. The van der Waals surface area contributed by atoms with Gasteiger partial charge in [0.15, 0.2) is 17.4 Å². The predicted octanol–water partition coefficient (Wildman–Crippen LogP) is 4.24. The van der Waals surface area contributed by atoms with Crippen LogP contribution in [0.2, 0.25) is 0 Å². The van der Waals surface area contributed by atoms with Crippen molar-refractivity contribution in [1.82, 2.24) is 9.97 Å². The second kappa shape index (κ2) is 6.50.